The standard InChI is InChI=1S/2Au.10Ca.10Ga.76Pd. The number of hydrogen-bond donors (Lipinski definition) is 0. The molecule has 0 aromatic rings. The molecule has 0 fully saturated rings. The second-order valence-corrected chi connectivity index (χ2v) is 0. The topological polar surface area (TPSA) is 0 Å². The molecule has 0 saturated carbocycles. The van der Waals surface area contributed by atoms with E-state index in [1.807, 2.05) is 0 Å². The molecule has 0 spiro atoms. The molecule has 98 heteroatoms. The third-order valence-corrected chi connectivity index (χ3v) is 0. The van der Waals surface area contributed by atoms with Gasteiger partial charge in [-0.15, -0.1) is 0 Å². The Balaban J connectivity index is 0. The summed E-state index contributed by atoms with van der Waals surface area (Å²) in [5.41, 5.74) is 0. The Labute approximate surface area is 2100 Å². The zero-order valence-corrected chi connectivity index (χ0v) is 206. The second-order valence-electron chi connectivity index (χ2n) is 0. The molecule has 0 aliphatic heterocycles. The summed E-state index contributed by atoms with van der Waals surface area (Å²) in [5, 5.41) is 0. The molecular formula is Au2Ca10Ga10Pd76. The molecule has 0 heterocycles. The van der Waals surface area contributed by atoms with Gasteiger partial charge < -0.3 is 0 Å². The van der Waals surface area contributed by atoms with Crippen LogP contribution in [0.15, 0.2) is 0 Å². The number of rotatable bonds is 0. The van der Waals surface area contributed by atoms with Crippen LogP contribution in [-0.2, 0) is 1600 Å². The van der Waals surface area contributed by atoms with Gasteiger partial charge in [0.05, 0.1) is 0 Å². The molecule has 0 atom stereocenters. The molecule has 52 radical (unpaired) electrons. The summed E-state index contributed by atoms with van der Waals surface area (Å²) < 4.78 is 0. The van der Waals surface area contributed by atoms with Crippen molar-refractivity contribution in [3.63, 3.8) is 0 Å². The predicted octanol–water partition coefficient (Wildman–Crippen LogP) is -7.81. The van der Waals surface area contributed by atoms with Crippen LogP contribution in [-0.4, -0.2) is 575 Å². The molecule has 0 saturated heterocycles. The third-order valence-electron chi connectivity index (χ3n) is 0. The fourth-order valence-electron chi connectivity index (χ4n) is 0. The van der Waals surface area contributed by atoms with Crippen LogP contribution in [0.2, 0.25) is 0 Å². The van der Waals surface area contributed by atoms with Crippen molar-refractivity contribution in [2.75, 3.05) is 0 Å². The van der Waals surface area contributed by atoms with Crippen molar-refractivity contribution in [1.29, 1.82) is 0 Å². The van der Waals surface area contributed by atoms with E-state index in [1.165, 1.54) is 0 Å². The molecule has 0 bridgehead atoms. The second kappa shape index (κ2) is 932. The zero-order valence-electron chi connectivity index (χ0n) is 37.5. The normalized spacial score (nSPS) is 0. The maximum atomic E-state index is 0. The Bertz CT molecular complexity index is 105. The molecule has 0 N–H and O–H groups in total. The van der Waals surface area contributed by atoms with Crippen LogP contribution in [0.25, 0.3) is 0 Å². The van der Waals surface area contributed by atoms with Gasteiger partial charge in [0.25, 0.3) is 0 Å². The minimum absolute atomic E-state index is 0. The van der Waals surface area contributed by atoms with Crippen LogP contribution in [0.3, 0.4) is 0 Å². The van der Waals surface area contributed by atoms with Gasteiger partial charge in [-0.05, 0) is 0 Å². The molecule has 0 amide bonds. The molecule has 0 aromatic heterocycles. The van der Waals surface area contributed by atoms with Gasteiger partial charge in [-0.2, -0.15) is 0 Å². The molecular weight excluding hydrogens is 9580 g/mol. The molecule has 0 rings (SSSR count). The summed E-state index contributed by atoms with van der Waals surface area (Å²) in [6.07, 6.45) is 0. The van der Waals surface area contributed by atoms with E-state index in [0.717, 1.165) is 0 Å². The summed E-state index contributed by atoms with van der Waals surface area (Å²) >= 11 is 0. The maximum absolute atomic E-state index is 0. The van der Waals surface area contributed by atoms with Crippen molar-refractivity contribution in [3.05, 3.63) is 0 Å². The molecule has 832 valence electrons. The first-order valence-corrected chi connectivity index (χ1v) is 0. The van der Waals surface area contributed by atoms with Gasteiger partial charge in [0.15, 0.2) is 0 Å². The van der Waals surface area contributed by atoms with Gasteiger partial charge >= 0.3 is 0 Å². The Morgan fingerprint density at radius 1 is 0.0408 bits per heavy atom. The van der Waals surface area contributed by atoms with Gasteiger partial charge in [0.2, 0.25) is 0 Å². The third kappa shape index (κ3) is 915. The van der Waals surface area contributed by atoms with Gasteiger partial charge in [-0.1, -0.05) is 0 Å². The van der Waals surface area contributed by atoms with E-state index in [9.17, 15) is 0 Å². The minimum atomic E-state index is 0. The van der Waals surface area contributed by atoms with Crippen LogP contribution in [0.1, 0.15) is 0 Å². The van der Waals surface area contributed by atoms with Crippen LogP contribution >= 0.6 is 0 Å². The largest absolute Gasteiger partial charge is 0 e. The van der Waals surface area contributed by atoms with Gasteiger partial charge in [0.1, 0.15) is 0 Å². The first-order valence-electron chi connectivity index (χ1n) is 0. The first-order chi connectivity index (χ1) is 0. The minimum Gasteiger partial charge on any atom is 0 e. The SMILES string of the molecule is [Au].[Au].[Ca].[Ca].[Ca].[Ca].[Ca].[Ca].[Ca].[Ca].[Ca].[Ca].[Ga].[Ga].[Ga].[Ga].[Ga].[Ga].[Ga].[Ga].[Ga].[Ga].[Pd].[Pd].[Pd].[Pd].[Pd].[Pd].[Pd].[Pd].[Pd].[Pd].[Pd].[Pd].[Pd].[Pd].[Pd].[Pd].[Pd].[Pd].[Pd].[Pd].[Pd].[Pd].[Pd].[Pd].[Pd].[Pd].[Pd].[Pd].[Pd].[Pd].[Pd].[Pd].[Pd].[Pd].[Pd].[Pd].[Pd].[Pd].[Pd].[Pd].[Pd].[Pd].[Pd].[Pd].[Pd].[Pd].[Pd].[Pd].[Pd].[Pd].[Pd].[Pd].[Pd].[Pd].[Pd].[Pd].[Pd].[Pd].[Pd].[Pd].[Pd].[Pd].[Pd].[Pd].[Pd].[Pd].[Pd].[Pd].[Pd].[Pd].[Pd].[Pd].[Pd].[Pd].[Pd].[Pd]. The Hall–Kier alpha value is 70.8. The average molecular weight is 9580 g/mol. The van der Waals surface area contributed by atoms with Gasteiger partial charge in [-0.25, -0.2) is 0 Å². The fraction of sp³-hybridized carbons (Fsp3) is 0. The van der Waals surface area contributed by atoms with Crippen molar-refractivity contribution in [1.82, 2.24) is 0 Å². The fourth-order valence-corrected chi connectivity index (χ4v) is 0. The molecule has 0 aliphatic carbocycles. The predicted molar refractivity (Wildman–Crippen MR) is 115 cm³/mol. The van der Waals surface area contributed by atoms with E-state index >= 15 is 0 Å². The smallest absolute Gasteiger partial charge is 0 e. The van der Waals surface area contributed by atoms with Crippen molar-refractivity contribution in [2.45, 2.75) is 0 Å². The van der Waals surface area contributed by atoms with E-state index < -0.39 is 0 Å². The quantitative estimate of drug-likeness (QED) is 0.212. The summed E-state index contributed by atoms with van der Waals surface area (Å²) in [6, 6.07) is 0. The first kappa shape index (κ1) is 948. The van der Waals surface area contributed by atoms with E-state index in [1.54, 1.807) is 0 Å². The van der Waals surface area contributed by atoms with Gasteiger partial charge in [0, 0.05) is 2170 Å². The van der Waals surface area contributed by atoms with Crippen molar-refractivity contribution in [2.24, 2.45) is 0 Å². The van der Waals surface area contributed by atoms with Crippen molar-refractivity contribution < 1.29 is 1600 Å². The summed E-state index contributed by atoms with van der Waals surface area (Å²) in [6.45, 7) is 0. The summed E-state index contributed by atoms with van der Waals surface area (Å²) in [5.74, 6) is 0. The molecule has 0 aliphatic rings. The van der Waals surface area contributed by atoms with E-state index in [0.29, 0.717) is 0 Å². The van der Waals surface area contributed by atoms with Crippen molar-refractivity contribution in [3.8, 4) is 0 Å². The van der Waals surface area contributed by atoms with E-state index in [2.05, 4.69) is 0 Å². The van der Waals surface area contributed by atoms with Crippen LogP contribution < -0.4 is 0 Å². The monoisotopic (exact) mass is 9530 g/mol. The molecule has 0 nitrogen and oxygen atoms in total. The molecule has 0 aromatic carbocycles. The summed E-state index contributed by atoms with van der Waals surface area (Å²) in [4.78, 5) is 0. The number of hydrogen-bond acceptors (Lipinski definition) is 0. The molecule has 98 heavy (non-hydrogen) atoms. The Kier molecular flexibility index (Phi) is 9020. The van der Waals surface area contributed by atoms with Crippen molar-refractivity contribution >= 4 is 575 Å². The zero-order chi connectivity index (χ0) is 0. The summed E-state index contributed by atoms with van der Waals surface area (Å²) in [7, 11) is 0. The maximum Gasteiger partial charge on any atom is 0 e. The van der Waals surface area contributed by atoms with E-state index in [4.69, 9.17) is 0 Å². The van der Waals surface area contributed by atoms with E-state index in [-0.39, 0.29) is 2170 Å². The van der Waals surface area contributed by atoms with Crippen LogP contribution in [0.5, 0.6) is 0 Å². The van der Waals surface area contributed by atoms with Crippen LogP contribution in [0, 0.1) is 0 Å². The Morgan fingerprint density at radius 2 is 0.0408 bits per heavy atom. The molecule has 0 unspecified atom stereocenters. The van der Waals surface area contributed by atoms with Gasteiger partial charge in [-0.3, -0.25) is 0 Å². The van der Waals surface area contributed by atoms with Crippen LogP contribution in [0.4, 0.5) is 0 Å². The average Bonchev–Trinajstić information content (AvgIpc) is 0. The Morgan fingerprint density at radius 3 is 0.0408 bits per heavy atom.